The molecule has 0 aliphatic carbocycles. The van der Waals surface area contributed by atoms with Gasteiger partial charge in [0.1, 0.15) is 0 Å². The van der Waals surface area contributed by atoms with Gasteiger partial charge in [-0.05, 0) is 13.0 Å². The predicted molar refractivity (Wildman–Crippen MR) is 34.6 cm³/mol. The fourth-order valence-electron chi connectivity index (χ4n) is 0.626. The number of furan rings is 1. The number of hydrogen-bond donors (Lipinski definition) is 0. The highest BCUT2D eigenvalue weighted by Crippen LogP contribution is 2.06. The zero-order valence-electron chi connectivity index (χ0n) is 5.96. The van der Waals surface area contributed by atoms with E-state index in [-0.39, 0.29) is 12.4 Å². The number of rotatable bonds is 2. The maximum Gasteiger partial charge on any atom is 0.374 e. The molecule has 0 saturated carbocycles. The molecule has 0 aliphatic heterocycles. The Balaban J connectivity index is 2.69. The van der Waals surface area contributed by atoms with Crippen LogP contribution in [0.15, 0.2) is 16.5 Å². The first-order chi connectivity index (χ1) is 5.24. The van der Waals surface area contributed by atoms with E-state index >= 15 is 0 Å². The fourth-order valence-corrected chi connectivity index (χ4v) is 0.626. The summed E-state index contributed by atoms with van der Waals surface area (Å²) in [6.45, 7) is 1.92. The number of carbonyl (C=O) groups excluding carboxylic acids is 1. The molecule has 0 fully saturated rings. The van der Waals surface area contributed by atoms with Crippen LogP contribution in [0.2, 0.25) is 0 Å². The molecular formula is C7H7FO3. The van der Waals surface area contributed by atoms with Crippen molar-refractivity contribution < 1.29 is 18.3 Å². The summed E-state index contributed by atoms with van der Waals surface area (Å²) in [4.78, 5) is 10.8. The van der Waals surface area contributed by atoms with E-state index in [4.69, 9.17) is 0 Å². The third-order valence-corrected chi connectivity index (χ3v) is 1.05. The molecule has 0 radical (unpaired) electrons. The Labute approximate surface area is 62.8 Å². The van der Waals surface area contributed by atoms with Crippen molar-refractivity contribution in [3.05, 3.63) is 23.9 Å². The minimum Gasteiger partial charge on any atom is -0.460 e. The Bertz CT molecular complexity index is 254. The molecule has 4 heteroatoms. The molecule has 3 nitrogen and oxygen atoms in total. The Morgan fingerprint density at radius 1 is 1.73 bits per heavy atom. The number of esters is 1. The SMILES string of the molecule is CCOC(=O)c1ccc(F)o1. The van der Waals surface area contributed by atoms with Crippen LogP contribution in [-0.2, 0) is 4.74 Å². The third kappa shape index (κ3) is 1.80. The fraction of sp³-hybridized carbons (Fsp3) is 0.286. The first-order valence-corrected chi connectivity index (χ1v) is 3.16. The molecule has 1 aromatic rings. The Hall–Kier alpha value is -1.32. The van der Waals surface area contributed by atoms with Crippen LogP contribution in [-0.4, -0.2) is 12.6 Å². The lowest BCUT2D eigenvalue weighted by atomic mass is 10.5. The summed E-state index contributed by atoms with van der Waals surface area (Å²) >= 11 is 0. The van der Waals surface area contributed by atoms with Gasteiger partial charge in [0.15, 0.2) is 0 Å². The van der Waals surface area contributed by atoms with Crippen molar-refractivity contribution >= 4 is 5.97 Å². The lowest BCUT2D eigenvalue weighted by molar-refractivity contribution is 0.0481. The average Bonchev–Trinajstić information content (AvgIpc) is 2.36. The second-order valence-electron chi connectivity index (χ2n) is 1.82. The van der Waals surface area contributed by atoms with Crippen molar-refractivity contribution in [3.8, 4) is 0 Å². The van der Waals surface area contributed by atoms with Gasteiger partial charge in [0, 0.05) is 6.07 Å². The van der Waals surface area contributed by atoms with Crippen molar-refractivity contribution in [2.45, 2.75) is 6.92 Å². The van der Waals surface area contributed by atoms with E-state index in [0.29, 0.717) is 0 Å². The highest BCUT2D eigenvalue weighted by atomic mass is 19.1. The van der Waals surface area contributed by atoms with Crippen molar-refractivity contribution in [3.63, 3.8) is 0 Å². The Morgan fingerprint density at radius 2 is 2.45 bits per heavy atom. The van der Waals surface area contributed by atoms with Gasteiger partial charge < -0.3 is 9.15 Å². The molecule has 1 aromatic heterocycles. The number of halogens is 1. The maximum atomic E-state index is 12.2. The van der Waals surface area contributed by atoms with Crippen LogP contribution in [0.5, 0.6) is 0 Å². The topological polar surface area (TPSA) is 39.4 Å². The van der Waals surface area contributed by atoms with Gasteiger partial charge in [-0.2, -0.15) is 4.39 Å². The molecule has 0 amide bonds. The quantitative estimate of drug-likeness (QED) is 0.613. The van der Waals surface area contributed by atoms with E-state index in [9.17, 15) is 9.18 Å². The maximum absolute atomic E-state index is 12.2. The Morgan fingerprint density at radius 3 is 2.91 bits per heavy atom. The van der Waals surface area contributed by atoms with Gasteiger partial charge in [-0.1, -0.05) is 0 Å². The van der Waals surface area contributed by atoms with Gasteiger partial charge in [-0.3, -0.25) is 0 Å². The monoisotopic (exact) mass is 158 g/mol. The number of ether oxygens (including phenoxy) is 1. The highest BCUT2D eigenvalue weighted by molar-refractivity contribution is 5.86. The molecular weight excluding hydrogens is 151 g/mol. The van der Waals surface area contributed by atoms with Crippen molar-refractivity contribution in [1.82, 2.24) is 0 Å². The summed E-state index contributed by atoms with van der Waals surface area (Å²) in [5.74, 6) is -0.749. The summed E-state index contributed by atoms with van der Waals surface area (Å²) in [7, 11) is 0. The second-order valence-corrected chi connectivity index (χ2v) is 1.82. The summed E-state index contributed by atoms with van der Waals surface area (Å²) in [6, 6.07) is 1.51. The molecule has 0 N–H and O–H groups in total. The molecule has 1 rings (SSSR count). The van der Waals surface area contributed by atoms with Gasteiger partial charge in [0.25, 0.3) is 6.01 Å². The zero-order chi connectivity index (χ0) is 8.27. The molecule has 0 bridgehead atoms. The van der Waals surface area contributed by atoms with Gasteiger partial charge in [-0.25, -0.2) is 4.79 Å². The largest absolute Gasteiger partial charge is 0.460 e. The predicted octanol–water partition coefficient (Wildman–Crippen LogP) is 1.60. The minimum atomic E-state index is -0.784. The van der Waals surface area contributed by atoms with Crippen LogP contribution >= 0.6 is 0 Å². The van der Waals surface area contributed by atoms with E-state index in [2.05, 4.69) is 9.15 Å². The lowest BCUT2D eigenvalue weighted by Gasteiger charge is -1.95. The summed E-state index contributed by atoms with van der Waals surface area (Å²) in [5, 5.41) is 0. The van der Waals surface area contributed by atoms with Crippen LogP contribution in [0.1, 0.15) is 17.5 Å². The van der Waals surface area contributed by atoms with Gasteiger partial charge in [0.05, 0.1) is 6.61 Å². The first-order valence-electron chi connectivity index (χ1n) is 3.16. The smallest absolute Gasteiger partial charge is 0.374 e. The molecule has 60 valence electrons. The summed E-state index contributed by atoms with van der Waals surface area (Å²) in [6.07, 6.45) is 0. The zero-order valence-corrected chi connectivity index (χ0v) is 5.96. The standard InChI is InChI=1S/C7H7FO3/c1-2-10-7(9)5-3-4-6(8)11-5/h3-4H,2H2,1H3. The van der Waals surface area contributed by atoms with Crippen LogP contribution < -0.4 is 0 Å². The Kier molecular flexibility index (Phi) is 2.25. The molecule has 0 aliphatic rings. The third-order valence-electron chi connectivity index (χ3n) is 1.05. The number of carbonyl (C=O) groups is 1. The van der Waals surface area contributed by atoms with Gasteiger partial charge in [0.2, 0.25) is 5.76 Å². The summed E-state index contributed by atoms with van der Waals surface area (Å²) < 4.78 is 21.1. The van der Waals surface area contributed by atoms with Crippen molar-refractivity contribution in [2.24, 2.45) is 0 Å². The van der Waals surface area contributed by atoms with Crippen LogP contribution in [0.25, 0.3) is 0 Å². The van der Waals surface area contributed by atoms with Crippen LogP contribution in [0.3, 0.4) is 0 Å². The minimum absolute atomic E-state index is 0.107. The molecule has 11 heavy (non-hydrogen) atoms. The molecule has 0 spiro atoms. The highest BCUT2D eigenvalue weighted by Gasteiger charge is 2.10. The molecule has 0 aromatic carbocycles. The first kappa shape index (κ1) is 7.78. The van der Waals surface area contributed by atoms with Gasteiger partial charge >= 0.3 is 5.97 Å². The average molecular weight is 158 g/mol. The normalized spacial score (nSPS) is 9.64. The van der Waals surface area contributed by atoms with E-state index < -0.39 is 12.0 Å². The second kappa shape index (κ2) is 3.18. The van der Waals surface area contributed by atoms with Crippen molar-refractivity contribution in [1.29, 1.82) is 0 Å². The van der Waals surface area contributed by atoms with Crippen molar-refractivity contribution in [2.75, 3.05) is 6.61 Å². The van der Waals surface area contributed by atoms with Crippen LogP contribution in [0, 0.1) is 6.01 Å². The molecule has 1 heterocycles. The molecule has 0 atom stereocenters. The van der Waals surface area contributed by atoms with E-state index in [1.54, 1.807) is 6.92 Å². The molecule has 0 unspecified atom stereocenters. The summed E-state index contributed by atoms with van der Waals surface area (Å²) in [5.41, 5.74) is 0. The van der Waals surface area contributed by atoms with E-state index in [1.807, 2.05) is 0 Å². The number of hydrogen-bond acceptors (Lipinski definition) is 3. The molecule has 0 saturated heterocycles. The van der Waals surface area contributed by atoms with Crippen LogP contribution in [0.4, 0.5) is 4.39 Å². The lowest BCUT2D eigenvalue weighted by Crippen LogP contribution is -2.02. The van der Waals surface area contributed by atoms with E-state index in [1.165, 1.54) is 6.07 Å². The van der Waals surface area contributed by atoms with E-state index in [0.717, 1.165) is 6.07 Å². The van der Waals surface area contributed by atoms with Gasteiger partial charge in [-0.15, -0.1) is 0 Å².